The molecule has 0 aromatic carbocycles. The van der Waals surface area contributed by atoms with E-state index >= 15 is 0 Å². The molecule has 0 aliphatic rings. The molecule has 0 unspecified atom stereocenters. The summed E-state index contributed by atoms with van der Waals surface area (Å²) in [6, 6.07) is 2.88. The minimum atomic E-state index is -4.67. The number of rotatable bonds is 3. The van der Waals surface area contributed by atoms with Crippen LogP contribution in [-0.2, 0) is 10.9 Å². The number of halogens is 3. The first-order chi connectivity index (χ1) is 9.45. The minimum absolute atomic E-state index is 0.000257. The lowest BCUT2D eigenvalue weighted by Crippen LogP contribution is -2.14. The number of aromatic amines is 1. The molecule has 2 aromatic heterocycles. The number of nitrogens with zero attached hydrogens (tertiary/aromatic N) is 1. The van der Waals surface area contributed by atoms with Gasteiger partial charge in [0, 0.05) is 24.2 Å². The number of carbonyl (C=O) groups is 1. The molecule has 7 heteroatoms. The first kappa shape index (κ1) is 14.1. The van der Waals surface area contributed by atoms with Crippen molar-refractivity contribution in [2.75, 3.05) is 6.61 Å². The third kappa shape index (κ3) is 2.66. The van der Waals surface area contributed by atoms with Gasteiger partial charge in [0.15, 0.2) is 0 Å². The number of esters is 1. The van der Waals surface area contributed by atoms with Gasteiger partial charge in [-0.05, 0) is 24.6 Å². The molecule has 0 radical (unpaired) electrons. The van der Waals surface area contributed by atoms with Crippen LogP contribution >= 0.6 is 0 Å². The topological polar surface area (TPSA) is 55.0 Å². The minimum Gasteiger partial charge on any atom is -0.461 e. The van der Waals surface area contributed by atoms with Crippen molar-refractivity contribution in [1.82, 2.24) is 9.97 Å². The Morgan fingerprint density at radius 2 is 2.00 bits per heavy atom. The third-order valence-electron chi connectivity index (χ3n) is 2.63. The number of hydrogen-bond donors (Lipinski definition) is 1. The van der Waals surface area contributed by atoms with Crippen LogP contribution in [0.25, 0.3) is 11.1 Å². The summed E-state index contributed by atoms with van der Waals surface area (Å²) in [5.74, 6) is -1.03. The zero-order valence-corrected chi connectivity index (χ0v) is 10.5. The van der Waals surface area contributed by atoms with E-state index in [4.69, 9.17) is 0 Å². The first-order valence-electron chi connectivity index (χ1n) is 5.81. The van der Waals surface area contributed by atoms with Gasteiger partial charge in [-0.2, -0.15) is 13.2 Å². The Kier molecular flexibility index (Phi) is 3.78. The Morgan fingerprint density at radius 3 is 2.55 bits per heavy atom. The predicted molar refractivity (Wildman–Crippen MR) is 65.0 cm³/mol. The highest BCUT2D eigenvalue weighted by molar-refractivity contribution is 5.92. The van der Waals surface area contributed by atoms with E-state index < -0.39 is 23.4 Å². The monoisotopic (exact) mass is 284 g/mol. The number of carbonyl (C=O) groups excluding carboxylic acids is 1. The van der Waals surface area contributed by atoms with Crippen molar-refractivity contribution in [2.45, 2.75) is 13.1 Å². The van der Waals surface area contributed by atoms with Crippen molar-refractivity contribution < 1.29 is 22.7 Å². The van der Waals surface area contributed by atoms with Gasteiger partial charge in [0.25, 0.3) is 0 Å². The molecular weight excluding hydrogens is 273 g/mol. The fourth-order valence-electron chi connectivity index (χ4n) is 1.84. The molecule has 20 heavy (non-hydrogen) atoms. The van der Waals surface area contributed by atoms with Crippen molar-refractivity contribution in [1.29, 1.82) is 0 Å². The molecule has 0 bridgehead atoms. The SMILES string of the molecule is CCOC(=O)c1[nH]cc(-c2ccncc2)c1C(F)(F)F. The lowest BCUT2D eigenvalue weighted by atomic mass is 10.0. The number of ether oxygens (including phenoxy) is 1. The molecular formula is C13H11F3N2O2. The van der Waals surface area contributed by atoms with E-state index in [0.29, 0.717) is 5.56 Å². The maximum absolute atomic E-state index is 13.2. The summed E-state index contributed by atoms with van der Waals surface area (Å²) in [7, 11) is 0. The smallest absolute Gasteiger partial charge is 0.419 e. The molecule has 1 N–H and O–H groups in total. The highest BCUT2D eigenvalue weighted by Gasteiger charge is 2.40. The van der Waals surface area contributed by atoms with Gasteiger partial charge >= 0.3 is 12.1 Å². The van der Waals surface area contributed by atoms with Crippen molar-refractivity contribution in [2.24, 2.45) is 0 Å². The van der Waals surface area contributed by atoms with Gasteiger partial charge in [-0.25, -0.2) is 4.79 Å². The van der Waals surface area contributed by atoms with Crippen LogP contribution in [0.2, 0.25) is 0 Å². The van der Waals surface area contributed by atoms with E-state index in [1.165, 1.54) is 31.5 Å². The number of nitrogens with one attached hydrogen (secondary N) is 1. The summed E-state index contributed by atoms with van der Waals surface area (Å²) in [6.07, 6.45) is -0.760. The summed E-state index contributed by atoms with van der Waals surface area (Å²) >= 11 is 0. The van der Waals surface area contributed by atoms with Gasteiger partial charge < -0.3 is 9.72 Å². The molecule has 0 fully saturated rings. The molecule has 2 rings (SSSR count). The van der Waals surface area contributed by atoms with Gasteiger partial charge in [0.2, 0.25) is 0 Å². The van der Waals surface area contributed by atoms with Crippen molar-refractivity contribution >= 4 is 5.97 Å². The average molecular weight is 284 g/mol. The number of aromatic nitrogens is 2. The van der Waals surface area contributed by atoms with Gasteiger partial charge in [-0.15, -0.1) is 0 Å². The zero-order chi connectivity index (χ0) is 14.8. The van der Waals surface area contributed by atoms with Gasteiger partial charge in [-0.3, -0.25) is 4.98 Å². The van der Waals surface area contributed by atoms with Gasteiger partial charge in [0.05, 0.1) is 12.2 Å². The number of hydrogen-bond acceptors (Lipinski definition) is 3. The van der Waals surface area contributed by atoms with Crippen molar-refractivity contribution in [3.8, 4) is 11.1 Å². The molecule has 0 saturated carbocycles. The van der Waals surface area contributed by atoms with Crippen LogP contribution in [0.1, 0.15) is 23.0 Å². The molecule has 0 spiro atoms. The molecule has 0 aliphatic heterocycles. The fraction of sp³-hybridized carbons (Fsp3) is 0.231. The summed E-state index contributed by atoms with van der Waals surface area (Å²) in [5, 5.41) is 0. The Labute approximate surface area is 112 Å². The van der Waals surface area contributed by atoms with Crippen LogP contribution in [0.3, 0.4) is 0 Å². The highest BCUT2D eigenvalue weighted by atomic mass is 19.4. The molecule has 0 amide bonds. The maximum atomic E-state index is 13.2. The van der Waals surface area contributed by atoms with Crippen LogP contribution in [0.4, 0.5) is 13.2 Å². The molecule has 4 nitrogen and oxygen atoms in total. The molecule has 0 atom stereocenters. The largest absolute Gasteiger partial charge is 0.461 e. The van der Waals surface area contributed by atoms with Crippen LogP contribution in [-0.4, -0.2) is 22.5 Å². The average Bonchev–Trinajstić information content (AvgIpc) is 2.84. The fourth-order valence-corrected chi connectivity index (χ4v) is 1.84. The Bertz CT molecular complexity index is 606. The first-order valence-corrected chi connectivity index (χ1v) is 5.81. The summed E-state index contributed by atoms with van der Waals surface area (Å²) in [6.45, 7) is 1.53. The van der Waals surface area contributed by atoms with E-state index in [1.54, 1.807) is 0 Å². The Balaban J connectivity index is 2.57. The Hall–Kier alpha value is -2.31. The summed E-state index contributed by atoms with van der Waals surface area (Å²) in [4.78, 5) is 17.7. The second kappa shape index (κ2) is 5.36. The molecule has 0 aliphatic carbocycles. The predicted octanol–water partition coefficient (Wildman–Crippen LogP) is 3.27. The number of alkyl halides is 3. The maximum Gasteiger partial charge on any atom is 0.419 e. The lowest BCUT2D eigenvalue weighted by molar-refractivity contribution is -0.137. The molecule has 106 valence electrons. The number of pyridine rings is 1. The normalized spacial score (nSPS) is 11.4. The van der Waals surface area contributed by atoms with Crippen LogP contribution in [0, 0.1) is 0 Å². The van der Waals surface area contributed by atoms with E-state index in [9.17, 15) is 18.0 Å². The van der Waals surface area contributed by atoms with Gasteiger partial charge in [-0.1, -0.05) is 0 Å². The number of H-pyrrole nitrogens is 1. The van der Waals surface area contributed by atoms with Crippen molar-refractivity contribution in [3.63, 3.8) is 0 Å². The standard InChI is InChI=1S/C13H11F3N2O2/c1-2-20-12(19)11-10(13(14,15)16)9(7-18-11)8-3-5-17-6-4-8/h3-7,18H,2H2,1H3. The third-order valence-corrected chi connectivity index (χ3v) is 2.63. The zero-order valence-electron chi connectivity index (χ0n) is 10.5. The van der Waals surface area contributed by atoms with Crippen LogP contribution < -0.4 is 0 Å². The van der Waals surface area contributed by atoms with Gasteiger partial charge in [0.1, 0.15) is 5.69 Å². The molecule has 2 aromatic rings. The molecule has 0 saturated heterocycles. The van der Waals surface area contributed by atoms with Crippen molar-refractivity contribution in [3.05, 3.63) is 42.0 Å². The Morgan fingerprint density at radius 1 is 1.35 bits per heavy atom. The second-order valence-corrected chi connectivity index (χ2v) is 3.91. The second-order valence-electron chi connectivity index (χ2n) is 3.91. The summed E-state index contributed by atoms with van der Waals surface area (Å²) < 4.78 is 44.2. The molecule has 2 heterocycles. The van der Waals surface area contributed by atoms with E-state index in [2.05, 4.69) is 14.7 Å². The highest BCUT2D eigenvalue weighted by Crippen LogP contribution is 2.39. The van der Waals surface area contributed by atoms with E-state index in [0.717, 1.165) is 6.20 Å². The summed E-state index contributed by atoms with van der Waals surface area (Å²) in [5.41, 5.74) is -1.41. The van der Waals surface area contributed by atoms with E-state index in [-0.39, 0.29) is 12.2 Å². The van der Waals surface area contributed by atoms with E-state index in [1.807, 2.05) is 0 Å². The van der Waals surface area contributed by atoms with Crippen LogP contribution in [0.5, 0.6) is 0 Å². The quantitative estimate of drug-likeness (QED) is 0.880. The van der Waals surface area contributed by atoms with Crippen LogP contribution in [0.15, 0.2) is 30.7 Å². The lowest BCUT2D eigenvalue weighted by Gasteiger charge is -2.10.